The molecule has 0 unspecified atom stereocenters. The summed E-state index contributed by atoms with van der Waals surface area (Å²) < 4.78 is 15.4. The van der Waals surface area contributed by atoms with E-state index in [1.165, 1.54) is 0 Å². The summed E-state index contributed by atoms with van der Waals surface area (Å²) >= 11 is 0. The molecule has 40 heteroatoms. The summed E-state index contributed by atoms with van der Waals surface area (Å²) in [6, 6.07) is -6.92. The second-order valence-electron chi connectivity index (χ2n) is 10.6. The van der Waals surface area contributed by atoms with Crippen LogP contribution in [-0.2, 0) is 95.7 Å². The summed E-state index contributed by atoms with van der Waals surface area (Å²) in [6.45, 7) is 0. The molecule has 0 heterocycles. The molecule has 0 aromatic rings. The van der Waals surface area contributed by atoms with Gasteiger partial charge in [-0.05, 0) is 0 Å². The molecule has 8 N–H and O–H groups in total. The minimum Gasteiger partial charge on any atom is -0.550 e. The van der Waals surface area contributed by atoms with Gasteiger partial charge in [0, 0.05) is 49.6 Å². The van der Waals surface area contributed by atoms with Crippen LogP contribution in [0.25, 0.3) is 0 Å². The van der Waals surface area contributed by atoms with Crippen molar-refractivity contribution in [2.45, 2.75) is 74.3 Å². The number of hydrogen-bond acceptors (Lipinski definition) is 36. The smallest absolute Gasteiger partial charge is 0.550 e. The molecule has 0 bridgehead atoms. The van der Waals surface area contributed by atoms with Crippen molar-refractivity contribution in [2.24, 2.45) is 22.9 Å². The van der Waals surface area contributed by atoms with E-state index in [9.17, 15) is 138 Å². The van der Waals surface area contributed by atoms with Gasteiger partial charge in [-0.2, -0.15) is 0 Å². The number of carboxylic acids is 12. The van der Waals surface area contributed by atoms with Gasteiger partial charge in [0.2, 0.25) is 0 Å². The fourth-order valence-corrected chi connectivity index (χ4v) is 2.64. The van der Waals surface area contributed by atoms with Crippen LogP contribution >= 0.6 is 0 Å². The number of rotatable bonds is 24. The van der Waals surface area contributed by atoms with E-state index in [0.717, 1.165) is 0 Å². The fourth-order valence-electron chi connectivity index (χ4n) is 2.64. The van der Waals surface area contributed by atoms with E-state index in [1.807, 2.05) is 0 Å². The summed E-state index contributed by atoms with van der Waals surface area (Å²) in [7, 11) is 0. The fraction of sp³-hybridized carbons (Fsp3) is 0.429. The molecule has 0 aliphatic heterocycles. The molecule has 0 aliphatic rings. The second kappa shape index (κ2) is 41.3. The van der Waals surface area contributed by atoms with Gasteiger partial charge in [-0.3, -0.25) is 19.2 Å². The molecular formula is C28H24N4Na4O32-8. The van der Waals surface area contributed by atoms with Crippen molar-refractivity contribution in [3.63, 3.8) is 0 Å². The van der Waals surface area contributed by atoms with E-state index >= 15 is 0 Å². The van der Waals surface area contributed by atoms with E-state index in [4.69, 9.17) is 22.9 Å². The van der Waals surface area contributed by atoms with Crippen LogP contribution < -0.4 is 202 Å². The number of carbonyl (C=O) groups excluding carboxylic acids is 16. The Morgan fingerprint density at radius 1 is 0.265 bits per heavy atom. The van der Waals surface area contributed by atoms with Gasteiger partial charge in [0.05, 0.1) is 47.8 Å². The average Bonchev–Trinajstić information content (AvgIpc) is 3.11. The first-order valence-corrected chi connectivity index (χ1v) is 15.3. The number of nitrogens with two attached hydrogens (primary N) is 4. The third-order valence-corrected chi connectivity index (χ3v) is 5.41. The number of aliphatic carboxylic acids is 12. The monoisotopic (exact) mass is 1020 g/mol. The van der Waals surface area contributed by atoms with E-state index < -0.39 is 170 Å². The first-order chi connectivity index (χ1) is 29.0. The largest absolute Gasteiger partial charge is 1.00 e. The van der Waals surface area contributed by atoms with E-state index in [2.05, 4.69) is 18.9 Å². The third-order valence-electron chi connectivity index (χ3n) is 5.41. The maximum Gasteiger partial charge on any atom is 1.00 e. The Bertz CT molecular complexity index is 1520. The van der Waals surface area contributed by atoms with Gasteiger partial charge in [0.1, 0.15) is 24.2 Å². The number of ether oxygens (including phenoxy) is 4. The second-order valence-corrected chi connectivity index (χ2v) is 10.6. The molecule has 0 aromatic carbocycles. The zero-order valence-electron chi connectivity index (χ0n) is 34.8. The van der Waals surface area contributed by atoms with Crippen molar-refractivity contribution in [1.29, 1.82) is 0 Å². The van der Waals surface area contributed by atoms with Gasteiger partial charge >= 0.3 is 142 Å². The molecule has 0 fully saturated rings. The standard InChI is InChI=1S/4C7H9NO8.4Na/c4*8-2(1-3(9)10)7(15)16-4(5(11)12)6(13)14;;;;/h4*2,4H,1,8H2,(H,9,10)(H,11,12)(H,13,14);;;;/q;;;;4*+1/p-12/t4*2-;;;;/m0000..../s1. The molecule has 0 spiro atoms. The van der Waals surface area contributed by atoms with Crippen LogP contribution in [0.2, 0.25) is 0 Å². The Morgan fingerprint density at radius 2 is 0.368 bits per heavy atom. The molecule has 0 aliphatic carbocycles. The Kier molecular flexibility index (Phi) is 48.9. The zero-order chi connectivity index (χ0) is 51.5. The predicted octanol–water partition coefficient (Wildman–Crippen LogP) is -36.5. The molecular weight excluding hydrogens is 996 g/mol. The van der Waals surface area contributed by atoms with Crippen LogP contribution in [0, 0.1) is 0 Å². The Balaban J connectivity index is -0.000000115. The molecule has 0 amide bonds. The summed E-state index contributed by atoms with van der Waals surface area (Å²) in [5.41, 5.74) is 19.8. The van der Waals surface area contributed by atoms with E-state index in [1.54, 1.807) is 0 Å². The van der Waals surface area contributed by atoms with Crippen molar-refractivity contribution in [2.75, 3.05) is 0 Å². The van der Waals surface area contributed by atoms with Crippen molar-refractivity contribution >= 4 is 95.5 Å². The average molecular weight is 1020 g/mol. The van der Waals surface area contributed by atoms with E-state index in [-0.39, 0.29) is 118 Å². The van der Waals surface area contributed by atoms with Crippen molar-refractivity contribution in [3.8, 4) is 0 Å². The Morgan fingerprint density at radius 3 is 0.441 bits per heavy atom. The van der Waals surface area contributed by atoms with Crippen LogP contribution in [0.1, 0.15) is 25.7 Å². The van der Waals surface area contributed by atoms with Gasteiger partial charge in [-0.15, -0.1) is 0 Å². The summed E-state index contributed by atoms with van der Waals surface area (Å²) in [5.74, 6) is -30.5. The minimum atomic E-state index is -2.64. The molecule has 0 rings (SSSR count). The Hall–Kier alpha value is -4.64. The number of esters is 4. The van der Waals surface area contributed by atoms with Crippen LogP contribution in [0.5, 0.6) is 0 Å². The van der Waals surface area contributed by atoms with Gasteiger partial charge in [0.25, 0.3) is 0 Å². The van der Waals surface area contributed by atoms with Gasteiger partial charge < -0.3 is 161 Å². The quantitative estimate of drug-likeness (QED) is 0.0302. The SMILES string of the molecule is N[C@@H](CC(=O)[O-])C(=O)OC(C(=O)[O-])C(=O)[O-].N[C@@H](CC(=O)[O-])C(=O)OC(C(=O)[O-])C(=O)[O-].N[C@@H](CC(=O)[O-])C(=O)OC(C(=O)[O-])C(=O)[O-].N[C@@H](CC(=O)[O-])C(=O)OC(C(=O)[O-])C(=O)[O-].[Na+].[Na+].[Na+].[Na+]. The molecule has 360 valence electrons. The summed E-state index contributed by atoms with van der Waals surface area (Å²) in [4.78, 5) is 165. The van der Waals surface area contributed by atoms with Crippen molar-refractivity contribution in [3.05, 3.63) is 0 Å². The molecule has 0 saturated heterocycles. The molecule has 68 heavy (non-hydrogen) atoms. The van der Waals surface area contributed by atoms with Gasteiger partial charge in [-0.1, -0.05) is 0 Å². The zero-order valence-corrected chi connectivity index (χ0v) is 42.8. The first-order valence-electron chi connectivity index (χ1n) is 15.3. The molecule has 36 nitrogen and oxygen atoms in total. The van der Waals surface area contributed by atoms with Gasteiger partial charge in [0.15, 0.2) is 24.4 Å². The van der Waals surface area contributed by atoms with Crippen LogP contribution in [0.4, 0.5) is 0 Å². The predicted molar refractivity (Wildman–Crippen MR) is 150 cm³/mol. The molecule has 0 saturated carbocycles. The number of carboxylic acid groups (broad SMARTS) is 12. The van der Waals surface area contributed by atoms with Crippen molar-refractivity contribution in [1.82, 2.24) is 0 Å². The number of hydrogen-bond donors (Lipinski definition) is 4. The molecule has 0 radical (unpaired) electrons. The third kappa shape index (κ3) is 39.4. The van der Waals surface area contributed by atoms with Gasteiger partial charge in [-0.25, -0.2) is 0 Å². The van der Waals surface area contributed by atoms with Crippen LogP contribution in [0.3, 0.4) is 0 Å². The van der Waals surface area contributed by atoms with Crippen molar-refractivity contribution < 1.29 is 275 Å². The maximum atomic E-state index is 10.9. The topological polar surface area (TPSA) is 691 Å². The maximum absolute atomic E-state index is 10.9. The first kappa shape index (κ1) is 80.4. The molecule has 0 aromatic heterocycles. The Labute approximate surface area is 463 Å². The summed E-state index contributed by atoms with van der Waals surface area (Å²) in [5, 5.41) is 121. The minimum absolute atomic E-state index is 0. The normalized spacial score (nSPS) is 11.2. The number of carbonyl (C=O) groups is 16. The van der Waals surface area contributed by atoms with Crippen LogP contribution in [-0.4, -0.2) is 144 Å². The molecule has 4 atom stereocenters. The van der Waals surface area contributed by atoms with Crippen LogP contribution in [0.15, 0.2) is 0 Å². The summed E-state index contributed by atoms with van der Waals surface area (Å²) in [6.07, 6.45) is -14.3. The van der Waals surface area contributed by atoms with E-state index in [0.29, 0.717) is 0 Å².